The maximum absolute atomic E-state index is 10.9. The SMILES string of the molecule is COC(=O)OCC[C@@H]1C=C[C@H](n2cnc3c(Cl)nc(N)nc32)C1. The fourth-order valence-corrected chi connectivity index (χ4v) is 2.89. The van der Waals surface area contributed by atoms with Gasteiger partial charge in [-0.1, -0.05) is 23.8 Å². The van der Waals surface area contributed by atoms with Crippen LogP contribution in [0.2, 0.25) is 5.15 Å². The Labute approximate surface area is 137 Å². The number of nitrogen functional groups attached to an aromatic ring is 1. The monoisotopic (exact) mass is 337 g/mol. The van der Waals surface area contributed by atoms with E-state index in [0.717, 1.165) is 12.8 Å². The van der Waals surface area contributed by atoms with E-state index in [-0.39, 0.29) is 17.1 Å². The molecule has 0 radical (unpaired) electrons. The Morgan fingerprint density at radius 3 is 3.09 bits per heavy atom. The van der Waals surface area contributed by atoms with Gasteiger partial charge in [-0.05, 0) is 18.8 Å². The lowest BCUT2D eigenvalue weighted by atomic mass is 10.0. The number of ether oxygens (including phenoxy) is 2. The van der Waals surface area contributed by atoms with Crippen molar-refractivity contribution in [2.24, 2.45) is 5.92 Å². The lowest BCUT2D eigenvalue weighted by Gasteiger charge is -2.14. The Kier molecular flexibility index (Phi) is 4.33. The molecule has 0 amide bonds. The van der Waals surface area contributed by atoms with Gasteiger partial charge in [-0.15, -0.1) is 0 Å². The molecule has 2 aromatic rings. The average Bonchev–Trinajstić information content (AvgIpc) is 3.13. The van der Waals surface area contributed by atoms with Crippen LogP contribution < -0.4 is 5.73 Å². The van der Waals surface area contributed by atoms with Gasteiger partial charge in [0.15, 0.2) is 10.8 Å². The van der Waals surface area contributed by atoms with E-state index in [2.05, 4.69) is 31.8 Å². The first-order chi connectivity index (χ1) is 11.1. The molecule has 122 valence electrons. The fourth-order valence-electron chi connectivity index (χ4n) is 2.67. The number of hydrogen-bond donors (Lipinski definition) is 1. The minimum atomic E-state index is -0.661. The topological polar surface area (TPSA) is 105 Å². The molecule has 2 heterocycles. The summed E-state index contributed by atoms with van der Waals surface area (Å²) in [4.78, 5) is 23.3. The summed E-state index contributed by atoms with van der Waals surface area (Å²) in [6.45, 7) is 0.319. The van der Waals surface area contributed by atoms with E-state index in [4.69, 9.17) is 22.1 Å². The molecule has 0 fully saturated rings. The standard InChI is InChI=1S/C14H16ClN5O3/c1-22-14(21)23-5-4-8-2-3-9(6-8)20-7-17-10-11(15)18-13(16)19-12(10)20/h2-3,7-9H,4-6H2,1H3,(H2,16,18,19)/t8-,9-/m0/s1. The molecule has 0 aromatic carbocycles. The molecule has 0 saturated heterocycles. The van der Waals surface area contributed by atoms with Crippen LogP contribution in [0.25, 0.3) is 11.2 Å². The Bertz CT molecular complexity index is 760. The number of hydrogen-bond acceptors (Lipinski definition) is 7. The lowest BCUT2D eigenvalue weighted by molar-refractivity contribution is 0.0694. The van der Waals surface area contributed by atoms with Crippen molar-refractivity contribution in [3.63, 3.8) is 0 Å². The molecule has 0 bridgehead atoms. The van der Waals surface area contributed by atoms with Crippen molar-refractivity contribution in [2.45, 2.75) is 18.9 Å². The third-order valence-electron chi connectivity index (χ3n) is 3.78. The van der Waals surface area contributed by atoms with E-state index >= 15 is 0 Å². The van der Waals surface area contributed by atoms with Crippen molar-refractivity contribution in [1.82, 2.24) is 19.5 Å². The van der Waals surface area contributed by atoms with Crippen molar-refractivity contribution in [3.05, 3.63) is 23.6 Å². The molecule has 9 heteroatoms. The number of carbonyl (C=O) groups excluding carboxylic acids is 1. The summed E-state index contributed by atoms with van der Waals surface area (Å²) in [7, 11) is 1.29. The normalized spacial score (nSPS) is 20.1. The van der Waals surface area contributed by atoms with Crippen LogP contribution in [0, 0.1) is 5.92 Å². The molecule has 23 heavy (non-hydrogen) atoms. The highest BCUT2D eigenvalue weighted by molar-refractivity contribution is 6.33. The predicted octanol–water partition coefficient (Wildman–Crippen LogP) is 2.35. The van der Waals surface area contributed by atoms with E-state index in [9.17, 15) is 4.79 Å². The maximum atomic E-state index is 10.9. The maximum Gasteiger partial charge on any atom is 0.507 e. The summed E-state index contributed by atoms with van der Waals surface area (Å²) < 4.78 is 11.3. The lowest BCUT2D eigenvalue weighted by Crippen LogP contribution is -2.10. The van der Waals surface area contributed by atoms with Gasteiger partial charge in [0.2, 0.25) is 5.95 Å². The highest BCUT2D eigenvalue weighted by Gasteiger charge is 2.23. The Balaban J connectivity index is 1.68. The third-order valence-corrected chi connectivity index (χ3v) is 4.04. The number of allylic oxidation sites excluding steroid dienone is 2. The molecule has 2 atom stereocenters. The quantitative estimate of drug-likeness (QED) is 0.518. The van der Waals surface area contributed by atoms with Gasteiger partial charge in [0.1, 0.15) is 5.52 Å². The van der Waals surface area contributed by atoms with Crippen LogP contribution in [0.1, 0.15) is 18.9 Å². The van der Waals surface area contributed by atoms with E-state index in [1.807, 2.05) is 4.57 Å². The van der Waals surface area contributed by atoms with Crippen molar-refractivity contribution in [2.75, 3.05) is 19.5 Å². The highest BCUT2D eigenvalue weighted by atomic mass is 35.5. The van der Waals surface area contributed by atoms with Crippen molar-refractivity contribution in [1.29, 1.82) is 0 Å². The molecular formula is C14H16ClN5O3. The molecule has 1 aliphatic carbocycles. The van der Waals surface area contributed by atoms with Gasteiger partial charge in [0.25, 0.3) is 0 Å². The zero-order valence-electron chi connectivity index (χ0n) is 12.5. The van der Waals surface area contributed by atoms with Gasteiger partial charge < -0.3 is 19.8 Å². The number of methoxy groups -OCH3 is 1. The van der Waals surface area contributed by atoms with Gasteiger partial charge in [0, 0.05) is 0 Å². The van der Waals surface area contributed by atoms with E-state index in [1.165, 1.54) is 7.11 Å². The first-order valence-corrected chi connectivity index (χ1v) is 7.51. The second kappa shape index (κ2) is 6.41. The Morgan fingerprint density at radius 2 is 2.30 bits per heavy atom. The number of carbonyl (C=O) groups is 1. The number of halogens is 1. The number of nitrogens with zero attached hydrogens (tertiary/aromatic N) is 4. The second-order valence-electron chi connectivity index (χ2n) is 5.24. The highest BCUT2D eigenvalue weighted by Crippen LogP contribution is 2.32. The molecule has 1 aliphatic rings. The smallest absolute Gasteiger partial charge is 0.438 e. The van der Waals surface area contributed by atoms with Crippen LogP contribution in [0.4, 0.5) is 10.7 Å². The zero-order chi connectivity index (χ0) is 16.4. The van der Waals surface area contributed by atoms with Crippen LogP contribution in [-0.2, 0) is 9.47 Å². The number of rotatable bonds is 4. The first kappa shape index (κ1) is 15.5. The largest absolute Gasteiger partial charge is 0.507 e. The van der Waals surface area contributed by atoms with E-state index in [1.54, 1.807) is 6.33 Å². The first-order valence-electron chi connectivity index (χ1n) is 7.13. The molecule has 0 saturated carbocycles. The second-order valence-corrected chi connectivity index (χ2v) is 5.59. The molecule has 2 aromatic heterocycles. The summed E-state index contributed by atoms with van der Waals surface area (Å²) in [5.41, 5.74) is 6.81. The number of aromatic nitrogens is 4. The number of imidazole rings is 1. The van der Waals surface area contributed by atoms with Crippen LogP contribution >= 0.6 is 11.6 Å². The van der Waals surface area contributed by atoms with Gasteiger partial charge in [-0.3, -0.25) is 0 Å². The minimum Gasteiger partial charge on any atom is -0.438 e. The van der Waals surface area contributed by atoms with Crippen molar-refractivity contribution >= 4 is 34.9 Å². The minimum absolute atomic E-state index is 0.105. The molecule has 0 unspecified atom stereocenters. The molecular weight excluding hydrogens is 322 g/mol. The fraction of sp³-hybridized carbons (Fsp3) is 0.429. The van der Waals surface area contributed by atoms with Crippen LogP contribution in [0.5, 0.6) is 0 Å². The Morgan fingerprint density at radius 1 is 1.48 bits per heavy atom. The summed E-state index contributed by atoms with van der Waals surface area (Å²) >= 11 is 6.04. The third kappa shape index (κ3) is 3.21. The summed E-state index contributed by atoms with van der Waals surface area (Å²) in [6, 6.07) is 0.105. The molecule has 0 aliphatic heterocycles. The molecule has 2 N–H and O–H groups in total. The number of nitrogens with two attached hydrogens (primary N) is 1. The summed E-state index contributed by atoms with van der Waals surface area (Å²) in [5.74, 6) is 0.422. The predicted molar refractivity (Wildman–Crippen MR) is 84.0 cm³/mol. The molecule has 3 rings (SSSR count). The molecule has 0 spiro atoms. The van der Waals surface area contributed by atoms with E-state index < -0.39 is 6.16 Å². The zero-order valence-corrected chi connectivity index (χ0v) is 13.2. The van der Waals surface area contributed by atoms with Gasteiger partial charge in [-0.2, -0.15) is 9.97 Å². The molecule has 8 nitrogen and oxygen atoms in total. The average molecular weight is 338 g/mol. The summed E-state index contributed by atoms with van der Waals surface area (Å²) in [5, 5.41) is 0.247. The van der Waals surface area contributed by atoms with Crippen molar-refractivity contribution < 1.29 is 14.3 Å². The van der Waals surface area contributed by atoms with Crippen molar-refractivity contribution in [3.8, 4) is 0 Å². The van der Waals surface area contributed by atoms with Gasteiger partial charge in [0.05, 0.1) is 26.1 Å². The van der Waals surface area contributed by atoms with Gasteiger partial charge in [-0.25, -0.2) is 9.78 Å². The van der Waals surface area contributed by atoms with E-state index in [0.29, 0.717) is 23.7 Å². The number of anilines is 1. The number of fused-ring (bicyclic) bond motifs is 1. The van der Waals surface area contributed by atoms with Crippen LogP contribution in [0.15, 0.2) is 18.5 Å². The summed E-state index contributed by atoms with van der Waals surface area (Å²) in [6.07, 6.45) is 6.79. The van der Waals surface area contributed by atoms with Crippen LogP contribution in [0.3, 0.4) is 0 Å². The Hall–Kier alpha value is -2.35. The van der Waals surface area contributed by atoms with Crippen LogP contribution in [-0.4, -0.2) is 39.4 Å². The van der Waals surface area contributed by atoms with Gasteiger partial charge >= 0.3 is 6.16 Å².